The van der Waals surface area contributed by atoms with Gasteiger partial charge in [-0.05, 0) is 6.42 Å². The molecule has 0 aliphatic rings. The van der Waals surface area contributed by atoms with Gasteiger partial charge >= 0.3 is 0 Å². The van der Waals surface area contributed by atoms with Gasteiger partial charge in [0.15, 0.2) is 0 Å². The molecule has 0 aromatic rings. The molecule has 0 aliphatic carbocycles. The first kappa shape index (κ1) is 8.84. The van der Waals surface area contributed by atoms with Gasteiger partial charge in [0.05, 0.1) is 0 Å². The Hall–Kier alpha value is -0.160. The van der Waals surface area contributed by atoms with Crippen molar-refractivity contribution in [3.8, 4) is 0 Å². The maximum atomic E-state index is 5.20. The number of hydrogen-bond acceptors (Lipinski definition) is 4. The summed E-state index contributed by atoms with van der Waals surface area (Å²) in [6.45, 7) is 2.84. The lowest BCUT2D eigenvalue weighted by molar-refractivity contribution is 0.459. The standard InChI is InChI=1S/C5H16N4/c1-2-3-5(9-7)4-8-6/h5,8-9H,2-4,6-7H2,1H3. The molecule has 0 saturated carbocycles. The average molecular weight is 132 g/mol. The van der Waals surface area contributed by atoms with E-state index in [1.54, 1.807) is 0 Å². The van der Waals surface area contributed by atoms with E-state index >= 15 is 0 Å². The molecule has 0 rings (SSSR count). The van der Waals surface area contributed by atoms with Crippen LogP contribution >= 0.6 is 0 Å². The largest absolute Gasteiger partial charge is 0.271 e. The van der Waals surface area contributed by atoms with Crippen LogP contribution in [0.15, 0.2) is 0 Å². The predicted octanol–water partition coefficient (Wildman–Crippen LogP) is -0.918. The number of hydrogen-bond donors (Lipinski definition) is 4. The van der Waals surface area contributed by atoms with Gasteiger partial charge in [0, 0.05) is 12.6 Å². The molecule has 0 fully saturated rings. The Morgan fingerprint density at radius 1 is 1.44 bits per heavy atom. The Balaban J connectivity index is 3.18. The summed E-state index contributed by atoms with van der Waals surface area (Å²) in [5.41, 5.74) is 5.22. The second-order valence-corrected chi connectivity index (χ2v) is 2.06. The first-order chi connectivity index (χ1) is 4.35. The van der Waals surface area contributed by atoms with E-state index in [9.17, 15) is 0 Å². The molecule has 0 aromatic carbocycles. The number of rotatable bonds is 5. The average Bonchev–Trinajstić information content (AvgIpc) is 1.88. The van der Waals surface area contributed by atoms with Gasteiger partial charge in [-0.25, -0.2) is 0 Å². The van der Waals surface area contributed by atoms with E-state index in [4.69, 9.17) is 11.7 Å². The van der Waals surface area contributed by atoms with Crippen LogP contribution in [0, 0.1) is 0 Å². The van der Waals surface area contributed by atoms with Gasteiger partial charge in [-0.3, -0.25) is 22.5 Å². The van der Waals surface area contributed by atoms with Crippen molar-refractivity contribution in [2.45, 2.75) is 25.8 Å². The summed E-state index contributed by atoms with van der Waals surface area (Å²) in [7, 11) is 0. The summed E-state index contributed by atoms with van der Waals surface area (Å²) >= 11 is 0. The molecule has 6 N–H and O–H groups in total. The summed E-state index contributed by atoms with van der Waals surface area (Å²) in [5.74, 6) is 10.3. The first-order valence-corrected chi connectivity index (χ1v) is 3.24. The fourth-order valence-corrected chi connectivity index (χ4v) is 0.735. The van der Waals surface area contributed by atoms with Crippen molar-refractivity contribution >= 4 is 0 Å². The van der Waals surface area contributed by atoms with Crippen molar-refractivity contribution in [3.05, 3.63) is 0 Å². The predicted molar refractivity (Wildman–Crippen MR) is 38.2 cm³/mol. The molecule has 4 heteroatoms. The minimum atomic E-state index is 0.306. The minimum absolute atomic E-state index is 0.306. The van der Waals surface area contributed by atoms with Crippen molar-refractivity contribution in [3.63, 3.8) is 0 Å². The van der Waals surface area contributed by atoms with Crippen molar-refractivity contribution in [1.82, 2.24) is 10.9 Å². The van der Waals surface area contributed by atoms with E-state index in [1.807, 2.05) is 0 Å². The molecular formula is C5H16N4. The van der Waals surface area contributed by atoms with E-state index in [-0.39, 0.29) is 0 Å². The Bertz CT molecular complexity index is 50.9. The van der Waals surface area contributed by atoms with Crippen molar-refractivity contribution in [1.29, 1.82) is 0 Å². The van der Waals surface area contributed by atoms with Crippen LogP contribution in [0.4, 0.5) is 0 Å². The van der Waals surface area contributed by atoms with E-state index < -0.39 is 0 Å². The molecule has 0 spiro atoms. The molecule has 0 heterocycles. The normalized spacial score (nSPS) is 13.7. The van der Waals surface area contributed by atoms with Crippen molar-refractivity contribution in [2.24, 2.45) is 11.7 Å². The molecule has 0 saturated heterocycles. The Labute approximate surface area is 55.9 Å². The van der Waals surface area contributed by atoms with E-state index in [0.29, 0.717) is 6.04 Å². The smallest absolute Gasteiger partial charge is 0.0349 e. The summed E-state index contributed by atoms with van der Waals surface area (Å²) in [5, 5.41) is 0. The van der Waals surface area contributed by atoms with Crippen molar-refractivity contribution in [2.75, 3.05) is 6.54 Å². The highest BCUT2D eigenvalue weighted by molar-refractivity contribution is 4.62. The van der Waals surface area contributed by atoms with Crippen molar-refractivity contribution < 1.29 is 0 Å². The third-order valence-corrected chi connectivity index (χ3v) is 1.24. The van der Waals surface area contributed by atoms with Crippen LogP contribution in [0.3, 0.4) is 0 Å². The maximum Gasteiger partial charge on any atom is 0.0349 e. The number of nitrogens with one attached hydrogen (secondary N) is 2. The zero-order valence-electron chi connectivity index (χ0n) is 5.85. The SMILES string of the molecule is CCCC(CNN)NN. The Morgan fingerprint density at radius 2 is 2.11 bits per heavy atom. The number of hydrazine groups is 2. The zero-order valence-corrected chi connectivity index (χ0v) is 5.85. The van der Waals surface area contributed by atoms with Gasteiger partial charge in [0.25, 0.3) is 0 Å². The fraction of sp³-hybridized carbons (Fsp3) is 1.00. The van der Waals surface area contributed by atoms with Gasteiger partial charge < -0.3 is 0 Å². The third-order valence-electron chi connectivity index (χ3n) is 1.24. The zero-order chi connectivity index (χ0) is 7.11. The quantitative estimate of drug-likeness (QED) is 0.288. The fourth-order valence-electron chi connectivity index (χ4n) is 0.735. The third kappa shape index (κ3) is 4.35. The van der Waals surface area contributed by atoms with E-state index in [0.717, 1.165) is 19.4 Å². The van der Waals surface area contributed by atoms with Crippen LogP contribution in [0.25, 0.3) is 0 Å². The second kappa shape index (κ2) is 5.97. The lowest BCUT2D eigenvalue weighted by Crippen LogP contribution is -2.44. The van der Waals surface area contributed by atoms with Crippen LogP contribution in [0.5, 0.6) is 0 Å². The van der Waals surface area contributed by atoms with Gasteiger partial charge in [-0.2, -0.15) is 0 Å². The summed E-state index contributed by atoms with van der Waals surface area (Å²) in [6.07, 6.45) is 2.18. The van der Waals surface area contributed by atoms with Gasteiger partial charge in [0.1, 0.15) is 0 Å². The molecule has 0 aromatic heterocycles. The van der Waals surface area contributed by atoms with Gasteiger partial charge in [-0.1, -0.05) is 13.3 Å². The topological polar surface area (TPSA) is 76.1 Å². The Kier molecular flexibility index (Phi) is 5.86. The molecular weight excluding hydrogens is 116 g/mol. The van der Waals surface area contributed by atoms with Crippen LogP contribution in [0.1, 0.15) is 19.8 Å². The lowest BCUT2D eigenvalue weighted by Gasteiger charge is -2.12. The summed E-state index contributed by atoms with van der Waals surface area (Å²) in [4.78, 5) is 0. The van der Waals surface area contributed by atoms with Gasteiger partial charge in [-0.15, -0.1) is 0 Å². The van der Waals surface area contributed by atoms with E-state index in [2.05, 4.69) is 17.8 Å². The molecule has 1 unspecified atom stereocenters. The molecule has 0 amide bonds. The van der Waals surface area contributed by atoms with Gasteiger partial charge in [0.2, 0.25) is 0 Å². The summed E-state index contributed by atoms with van der Waals surface area (Å²) < 4.78 is 0. The monoisotopic (exact) mass is 132 g/mol. The van der Waals surface area contributed by atoms with Crippen LogP contribution in [-0.2, 0) is 0 Å². The number of nitrogens with two attached hydrogens (primary N) is 2. The lowest BCUT2D eigenvalue weighted by atomic mass is 10.2. The molecule has 1 atom stereocenters. The highest BCUT2D eigenvalue weighted by atomic mass is 15.3. The first-order valence-electron chi connectivity index (χ1n) is 3.24. The second-order valence-electron chi connectivity index (χ2n) is 2.06. The molecule has 0 bridgehead atoms. The maximum absolute atomic E-state index is 5.20. The highest BCUT2D eigenvalue weighted by Crippen LogP contribution is 1.91. The molecule has 56 valence electrons. The van der Waals surface area contributed by atoms with Crippen LogP contribution < -0.4 is 22.5 Å². The molecule has 0 radical (unpaired) electrons. The summed E-state index contributed by atoms with van der Waals surface area (Å²) in [6, 6.07) is 0.306. The molecule has 0 aliphatic heterocycles. The van der Waals surface area contributed by atoms with Crippen LogP contribution in [0.2, 0.25) is 0 Å². The minimum Gasteiger partial charge on any atom is -0.271 e. The highest BCUT2D eigenvalue weighted by Gasteiger charge is 2.01. The Morgan fingerprint density at radius 3 is 2.44 bits per heavy atom. The molecule has 4 nitrogen and oxygen atoms in total. The van der Waals surface area contributed by atoms with E-state index in [1.165, 1.54) is 0 Å². The molecule has 9 heavy (non-hydrogen) atoms. The van der Waals surface area contributed by atoms with Crippen LogP contribution in [-0.4, -0.2) is 12.6 Å².